The van der Waals surface area contributed by atoms with Crippen LogP contribution in [0.4, 0.5) is 0 Å². The molecule has 0 N–H and O–H groups in total. The number of rotatable bonds is 1. The van der Waals surface area contributed by atoms with Gasteiger partial charge >= 0.3 is 0 Å². The fourth-order valence-electron chi connectivity index (χ4n) is 3.33. The molecule has 0 aliphatic heterocycles. The normalized spacial score (nSPS) is 16.8. The third-order valence-electron chi connectivity index (χ3n) is 4.48. The Balaban J connectivity index is 1.97. The molecule has 1 aliphatic carbocycles. The highest BCUT2D eigenvalue weighted by Gasteiger charge is 2.20. The second-order valence-corrected chi connectivity index (χ2v) is 6.84. The monoisotopic (exact) mass is 299 g/mol. The van der Waals surface area contributed by atoms with Crippen molar-refractivity contribution in [1.29, 1.82) is 0 Å². The van der Waals surface area contributed by atoms with Crippen LogP contribution in [-0.4, -0.2) is 14.5 Å². The summed E-state index contributed by atoms with van der Waals surface area (Å²) in [5, 5.41) is 1.03. The van der Waals surface area contributed by atoms with Crippen LogP contribution >= 0.6 is 11.3 Å². The Hall–Kier alpha value is -1.75. The van der Waals surface area contributed by atoms with E-state index in [1.807, 2.05) is 17.6 Å². The van der Waals surface area contributed by atoms with Gasteiger partial charge in [-0.1, -0.05) is 19.3 Å². The molecule has 0 spiro atoms. The van der Waals surface area contributed by atoms with Crippen molar-refractivity contribution in [2.45, 2.75) is 45.1 Å². The number of aromatic nitrogens is 3. The van der Waals surface area contributed by atoms with Crippen LogP contribution in [0.25, 0.3) is 20.4 Å². The van der Waals surface area contributed by atoms with Gasteiger partial charge in [-0.3, -0.25) is 9.36 Å². The Morgan fingerprint density at radius 2 is 2.05 bits per heavy atom. The van der Waals surface area contributed by atoms with E-state index < -0.39 is 0 Å². The molecule has 3 aromatic heterocycles. The molecule has 0 radical (unpaired) electrons. The van der Waals surface area contributed by atoms with E-state index in [-0.39, 0.29) is 5.56 Å². The zero-order valence-electron chi connectivity index (χ0n) is 12.0. The van der Waals surface area contributed by atoms with E-state index >= 15 is 0 Å². The van der Waals surface area contributed by atoms with Crippen LogP contribution < -0.4 is 5.56 Å². The van der Waals surface area contributed by atoms with Crippen molar-refractivity contribution in [2.75, 3.05) is 0 Å². The van der Waals surface area contributed by atoms with E-state index in [0.29, 0.717) is 6.04 Å². The van der Waals surface area contributed by atoms with Crippen molar-refractivity contribution in [3.63, 3.8) is 0 Å². The van der Waals surface area contributed by atoms with Gasteiger partial charge in [-0.15, -0.1) is 11.3 Å². The molecule has 1 saturated carbocycles. The molecule has 0 atom stereocenters. The molecule has 3 heterocycles. The summed E-state index contributed by atoms with van der Waals surface area (Å²) in [4.78, 5) is 22.7. The summed E-state index contributed by atoms with van der Waals surface area (Å²) in [5.41, 5.74) is 2.06. The van der Waals surface area contributed by atoms with Crippen molar-refractivity contribution in [2.24, 2.45) is 0 Å². The van der Waals surface area contributed by atoms with E-state index in [1.165, 1.54) is 30.6 Å². The molecule has 0 amide bonds. The summed E-state index contributed by atoms with van der Waals surface area (Å²) >= 11 is 1.47. The standard InChI is InChI=1S/C16H17N3OS/c1-10-7-8-17-15-12(10)13-14(21-15)16(20)19(9-18-13)11-5-3-2-4-6-11/h7-9,11H,2-6H2,1H3. The van der Waals surface area contributed by atoms with Gasteiger partial charge in [0, 0.05) is 17.6 Å². The van der Waals surface area contributed by atoms with E-state index in [1.54, 1.807) is 12.5 Å². The van der Waals surface area contributed by atoms with Crippen LogP contribution in [0, 0.1) is 6.92 Å². The van der Waals surface area contributed by atoms with Crippen LogP contribution in [0.2, 0.25) is 0 Å². The van der Waals surface area contributed by atoms with Gasteiger partial charge in [-0.2, -0.15) is 0 Å². The first-order valence-electron chi connectivity index (χ1n) is 7.50. The van der Waals surface area contributed by atoms with Crippen molar-refractivity contribution >= 4 is 31.8 Å². The summed E-state index contributed by atoms with van der Waals surface area (Å²) < 4.78 is 2.60. The fourth-order valence-corrected chi connectivity index (χ4v) is 4.45. The molecule has 0 unspecified atom stereocenters. The smallest absolute Gasteiger partial charge is 0.271 e. The number of hydrogen-bond donors (Lipinski definition) is 0. The first kappa shape index (κ1) is 13.0. The second kappa shape index (κ2) is 4.91. The summed E-state index contributed by atoms with van der Waals surface area (Å²) in [5.74, 6) is 0. The lowest BCUT2D eigenvalue weighted by atomic mass is 9.95. The molecule has 5 heteroatoms. The average Bonchev–Trinajstić information content (AvgIpc) is 2.89. The largest absolute Gasteiger partial charge is 0.295 e. The van der Waals surface area contributed by atoms with E-state index in [9.17, 15) is 4.79 Å². The molecule has 1 aliphatic rings. The molecular formula is C16H17N3OS. The van der Waals surface area contributed by atoms with Gasteiger partial charge < -0.3 is 0 Å². The average molecular weight is 299 g/mol. The summed E-state index contributed by atoms with van der Waals surface area (Å²) in [6.45, 7) is 2.05. The van der Waals surface area contributed by atoms with Gasteiger partial charge in [-0.05, 0) is 31.4 Å². The van der Waals surface area contributed by atoms with Gasteiger partial charge in [0.05, 0.1) is 11.8 Å². The Kier molecular flexibility index (Phi) is 3.03. The molecule has 4 nitrogen and oxygen atoms in total. The zero-order valence-corrected chi connectivity index (χ0v) is 12.8. The third kappa shape index (κ3) is 1.99. The van der Waals surface area contributed by atoms with Crippen LogP contribution in [0.5, 0.6) is 0 Å². The van der Waals surface area contributed by atoms with Crippen LogP contribution in [0.3, 0.4) is 0 Å². The Bertz CT molecular complexity index is 874. The molecule has 108 valence electrons. The highest BCUT2D eigenvalue weighted by molar-refractivity contribution is 7.25. The van der Waals surface area contributed by atoms with E-state index in [4.69, 9.17) is 0 Å². The number of thiophene rings is 1. The molecule has 4 rings (SSSR count). The Labute approximate surface area is 126 Å². The minimum Gasteiger partial charge on any atom is -0.295 e. The van der Waals surface area contributed by atoms with Gasteiger partial charge in [-0.25, -0.2) is 9.97 Å². The predicted molar refractivity (Wildman–Crippen MR) is 86.0 cm³/mol. The summed E-state index contributed by atoms with van der Waals surface area (Å²) in [6.07, 6.45) is 9.44. The molecular weight excluding hydrogens is 282 g/mol. The molecule has 21 heavy (non-hydrogen) atoms. The van der Waals surface area contributed by atoms with Crippen LogP contribution in [0.15, 0.2) is 23.4 Å². The molecule has 3 aromatic rings. The van der Waals surface area contributed by atoms with Crippen LogP contribution in [0.1, 0.15) is 43.7 Å². The topological polar surface area (TPSA) is 47.8 Å². The van der Waals surface area contributed by atoms with E-state index in [2.05, 4.69) is 9.97 Å². The van der Waals surface area contributed by atoms with Crippen molar-refractivity contribution in [1.82, 2.24) is 14.5 Å². The maximum Gasteiger partial charge on any atom is 0.271 e. The molecule has 0 saturated heterocycles. The highest BCUT2D eigenvalue weighted by atomic mass is 32.1. The number of fused-ring (bicyclic) bond motifs is 3. The quantitative estimate of drug-likeness (QED) is 0.686. The molecule has 0 bridgehead atoms. The summed E-state index contributed by atoms with van der Waals surface area (Å²) in [6, 6.07) is 2.30. The number of hydrogen-bond acceptors (Lipinski definition) is 4. The lowest BCUT2D eigenvalue weighted by Crippen LogP contribution is -2.26. The van der Waals surface area contributed by atoms with Gasteiger partial charge in [0.25, 0.3) is 5.56 Å². The zero-order chi connectivity index (χ0) is 14.4. The second-order valence-electron chi connectivity index (χ2n) is 5.84. The van der Waals surface area contributed by atoms with Crippen molar-refractivity contribution in [3.05, 3.63) is 34.5 Å². The Morgan fingerprint density at radius 1 is 1.24 bits per heavy atom. The van der Waals surface area contributed by atoms with Gasteiger partial charge in [0.1, 0.15) is 9.53 Å². The molecule has 0 aromatic carbocycles. The highest BCUT2D eigenvalue weighted by Crippen LogP contribution is 2.32. The van der Waals surface area contributed by atoms with Crippen LogP contribution in [-0.2, 0) is 0 Å². The third-order valence-corrected chi connectivity index (χ3v) is 5.56. The number of nitrogens with zero attached hydrogens (tertiary/aromatic N) is 3. The lowest BCUT2D eigenvalue weighted by Gasteiger charge is -2.23. The predicted octanol–water partition coefficient (Wildman–Crippen LogP) is 3.82. The number of pyridine rings is 1. The Morgan fingerprint density at radius 3 is 2.86 bits per heavy atom. The minimum absolute atomic E-state index is 0.106. The van der Waals surface area contributed by atoms with Gasteiger partial charge in [0.15, 0.2) is 0 Å². The van der Waals surface area contributed by atoms with Crippen molar-refractivity contribution < 1.29 is 0 Å². The maximum atomic E-state index is 12.8. The van der Waals surface area contributed by atoms with Crippen molar-refractivity contribution in [3.8, 4) is 0 Å². The molecule has 1 fully saturated rings. The fraction of sp³-hybridized carbons (Fsp3) is 0.438. The lowest BCUT2D eigenvalue weighted by molar-refractivity contribution is 0.345. The first-order chi connectivity index (χ1) is 10.3. The maximum absolute atomic E-state index is 12.8. The SMILES string of the molecule is Cc1ccnc2sc3c(=O)n(C4CCCCC4)cnc3c12. The summed E-state index contributed by atoms with van der Waals surface area (Å²) in [7, 11) is 0. The first-order valence-corrected chi connectivity index (χ1v) is 8.32. The number of aryl methyl sites for hydroxylation is 1. The van der Waals surface area contributed by atoms with E-state index in [0.717, 1.165) is 38.8 Å². The minimum atomic E-state index is 0.106. The van der Waals surface area contributed by atoms with Gasteiger partial charge in [0.2, 0.25) is 0 Å².